The van der Waals surface area contributed by atoms with Crippen molar-refractivity contribution in [3.8, 4) is 0 Å². The van der Waals surface area contributed by atoms with Gasteiger partial charge in [0, 0.05) is 19.5 Å². The molecule has 0 unspecified atom stereocenters. The number of carbonyl (C=O) groups is 2. The Hall–Kier alpha value is -1.91. The number of fused-ring (bicyclic) bond motifs is 1. The van der Waals surface area contributed by atoms with Crippen molar-refractivity contribution in [2.75, 3.05) is 13.1 Å². The third-order valence-corrected chi connectivity index (χ3v) is 6.84. The van der Waals surface area contributed by atoms with Gasteiger partial charge in [0.15, 0.2) is 0 Å². The molecule has 4 rings (SSSR count). The standard InChI is InChI=1S/C13H12N4O4S2/c18-10-6-13(12(19)14-10)4-5-17(7-13)23(20,21)9-3-1-2-8-11(9)16-22-15-8/h1-3H,4-7H2,(H,14,18,19)/t13-/m0/s1. The van der Waals surface area contributed by atoms with Crippen molar-refractivity contribution in [3.05, 3.63) is 18.2 Å². The highest BCUT2D eigenvalue weighted by molar-refractivity contribution is 7.89. The van der Waals surface area contributed by atoms with Gasteiger partial charge in [-0.25, -0.2) is 8.42 Å². The summed E-state index contributed by atoms with van der Waals surface area (Å²) in [4.78, 5) is 23.6. The van der Waals surface area contributed by atoms with Crippen LogP contribution in [0.3, 0.4) is 0 Å². The van der Waals surface area contributed by atoms with E-state index in [4.69, 9.17) is 0 Å². The fraction of sp³-hybridized carbons (Fsp3) is 0.385. The highest BCUT2D eigenvalue weighted by atomic mass is 32.2. The van der Waals surface area contributed by atoms with Gasteiger partial charge in [0.05, 0.1) is 17.1 Å². The third kappa shape index (κ3) is 2.09. The minimum Gasteiger partial charge on any atom is -0.296 e. The molecule has 2 aliphatic heterocycles. The molecule has 3 heterocycles. The SMILES string of the molecule is O=C1C[C@]2(CCN(S(=O)(=O)c3cccc4nsnc34)C2)C(=O)N1. The average Bonchev–Trinajstić information content (AvgIpc) is 3.19. The Morgan fingerprint density at radius 1 is 1.26 bits per heavy atom. The molecule has 2 amide bonds. The Kier molecular flexibility index (Phi) is 3.06. The minimum absolute atomic E-state index is 0.0147. The van der Waals surface area contributed by atoms with Crippen LogP contribution in [-0.2, 0) is 19.6 Å². The van der Waals surface area contributed by atoms with E-state index >= 15 is 0 Å². The number of carbonyl (C=O) groups excluding carboxylic acids is 2. The molecule has 2 aliphatic rings. The first kappa shape index (κ1) is 14.7. The van der Waals surface area contributed by atoms with Crippen molar-refractivity contribution in [3.63, 3.8) is 0 Å². The monoisotopic (exact) mass is 352 g/mol. The zero-order valence-corrected chi connectivity index (χ0v) is 13.5. The largest absolute Gasteiger partial charge is 0.296 e. The van der Waals surface area contributed by atoms with Gasteiger partial charge >= 0.3 is 0 Å². The molecule has 120 valence electrons. The van der Waals surface area contributed by atoms with Gasteiger partial charge in [-0.05, 0) is 18.6 Å². The highest BCUT2D eigenvalue weighted by Gasteiger charge is 2.53. The summed E-state index contributed by atoms with van der Waals surface area (Å²) in [5, 5.41) is 2.27. The summed E-state index contributed by atoms with van der Waals surface area (Å²) in [6.45, 7) is 0.220. The molecular weight excluding hydrogens is 340 g/mol. The van der Waals surface area contributed by atoms with E-state index in [1.807, 2.05) is 0 Å². The van der Waals surface area contributed by atoms with Crippen molar-refractivity contribution < 1.29 is 18.0 Å². The Morgan fingerprint density at radius 2 is 2.09 bits per heavy atom. The molecule has 1 aromatic heterocycles. The molecule has 1 spiro atoms. The van der Waals surface area contributed by atoms with E-state index < -0.39 is 15.4 Å². The van der Waals surface area contributed by atoms with Crippen molar-refractivity contribution >= 4 is 44.6 Å². The van der Waals surface area contributed by atoms with Gasteiger partial charge in [-0.3, -0.25) is 14.9 Å². The molecule has 1 atom stereocenters. The second kappa shape index (κ2) is 4.79. The summed E-state index contributed by atoms with van der Waals surface area (Å²) in [5.74, 6) is -0.728. The quantitative estimate of drug-likeness (QED) is 0.769. The van der Waals surface area contributed by atoms with E-state index in [0.717, 1.165) is 11.7 Å². The number of hydrogen-bond acceptors (Lipinski definition) is 7. The second-order valence-electron chi connectivity index (χ2n) is 5.81. The topological polar surface area (TPSA) is 109 Å². The van der Waals surface area contributed by atoms with Crippen molar-refractivity contribution in [2.24, 2.45) is 5.41 Å². The Morgan fingerprint density at radius 3 is 2.83 bits per heavy atom. The van der Waals surface area contributed by atoms with Gasteiger partial charge in [0.25, 0.3) is 0 Å². The molecule has 0 aliphatic carbocycles. The maximum atomic E-state index is 12.9. The van der Waals surface area contributed by atoms with Gasteiger partial charge in [0.1, 0.15) is 15.9 Å². The van der Waals surface area contributed by atoms with Gasteiger partial charge < -0.3 is 0 Å². The fourth-order valence-electron chi connectivity index (χ4n) is 3.19. The molecular formula is C13H12N4O4S2. The minimum atomic E-state index is -3.79. The van der Waals surface area contributed by atoms with E-state index in [1.54, 1.807) is 12.1 Å². The molecule has 2 aromatic rings. The first-order valence-corrected chi connectivity index (χ1v) is 9.15. The summed E-state index contributed by atoms with van der Waals surface area (Å²) < 4.78 is 35.2. The van der Waals surface area contributed by atoms with Crippen molar-refractivity contribution in [1.29, 1.82) is 0 Å². The Balaban J connectivity index is 1.72. The molecule has 10 heteroatoms. The number of nitrogens with one attached hydrogen (secondary N) is 1. The van der Waals surface area contributed by atoms with E-state index in [-0.39, 0.29) is 36.2 Å². The van der Waals surface area contributed by atoms with Crippen LogP contribution in [0.1, 0.15) is 12.8 Å². The summed E-state index contributed by atoms with van der Waals surface area (Å²) in [5.41, 5.74) is -0.0672. The number of amides is 2. The molecule has 2 fully saturated rings. The van der Waals surface area contributed by atoms with Crippen molar-refractivity contribution in [1.82, 2.24) is 18.4 Å². The lowest BCUT2D eigenvalue weighted by Crippen LogP contribution is -2.36. The molecule has 1 N–H and O–H groups in total. The van der Waals surface area contributed by atoms with Crippen LogP contribution in [0.15, 0.2) is 23.1 Å². The predicted molar refractivity (Wildman–Crippen MR) is 81.0 cm³/mol. The van der Waals surface area contributed by atoms with Gasteiger partial charge in [-0.2, -0.15) is 13.1 Å². The lowest BCUT2D eigenvalue weighted by molar-refractivity contribution is -0.128. The molecule has 0 saturated carbocycles. The summed E-state index contributed by atoms with van der Waals surface area (Å²) in [6.07, 6.45) is 0.384. The van der Waals surface area contributed by atoms with Crippen LogP contribution in [-0.4, -0.2) is 46.4 Å². The van der Waals surface area contributed by atoms with E-state index in [1.165, 1.54) is 10.4 Å². The molecule has 2 saturated heterocycles. The predicted octanol–water partition coefficient (Wildman–Crippen LogP) is 0.119. The highest BCUT2D eigenvalue weighted by Crippen LogP contribution is 2.40. The van der Waals surface area contributed by atoms with Crippen LogP contribution in [0.2, 0.25) is 0 Å². The number of nitrogens with zero attached hydrogens (tertiary/aromatic N) is 3. The van der Waals surface area contributed by atoms with Gasteiger partial charge in [-0.15, -0.1) is 0 Å². The average molecular weight is 352 g/mol. The smallest absolute Gasteiger partial charge is 0.245 e. The van der Waals surface area contributed by atoms with E-state index in [0.29, 0.717) is 17.5 Å². The normalized spacial score (nSPS) is 25.6. The Bertz CT molecular complexity index is 938. The summed E-state index contributed by atoms with van der Waals surface area (Å²) in [7, 11) is -3.79. The zero-order valence-electron chi connectivity index (χ0n) is 11.9. The first-order valence-electron chi connectivity index (χ1n) is 6.98. The fourth-order valence-corrected chi connectivity index (χ4v) is 5.47. The maximum absolute atomic E-state index is 12.9. The lowest BCUT2D eigenvalue weighted by atomic mass is 9.86. The van der Waals surface area contributed by atoms with Crippen LogP contribution in [0.25, 0.3) is 11.0 Å². The number of aromatic nitrogens is 2. The summed E-state index contributed by atoms with van der Waals surface area (Å²) >= 11 is 0.953. The van der Waals surface area contributed by atoms with Crippen LogP contribution in [0.4, 0.5) is 0 Å². The molecule has 23 heavy (non-hydrogen) atoms. The van der Waals surface area contributed by atoms with E-state index in [9.17, 15) is 18.0 Å². The van der Waals surface area contributed by atoms with Gasteiger partial charge in [0.2, 0.25) is 21.8 Å². The molecule has 0 bridgehead atoms. The molecule has 1 aromatic carbocycles. The molecule has 0 radical (unpaired) electrons. The van der Waals surface area contributed by atoms with Crippen LogP contribution in [0, 0.1) is 5.41 Å². The van der Waals surface area contributed by atoms with Crippen LogP contribution in [0.5, 0.6) is 0 Å². The van der Waals surface area contributed by atoms with Crippen LogP contribution < -0.4 is 5.32 Å². The number of benzene rings is 1. The zero-order chi connectivity index (χ0) is 16.2. The number of rotatable bonds is 2. The summed E-state index contributed by atoms with van der Waals surface area (Å²) in [6, 6.07) is 4.81. The number of sulfonamides is 1. The lowest BCUT2D eigenvalue weighted by Gasteiger charge is -2.20. The Labute approximate surface area is 135 Å². The number of imide groups is 1. The van der Waals surface area contributed by atoms with Gasteiger partial charge in [-0.1, -0.05) is 6.07 Å². The maximum Gasteiger partial charge on any atom is 0.245 e. The third-order valence-electron chi connectivity index (χ3n) is 4.42. The number of hydrogen-bond donors (Lipinski definition) is 1. The first-order chi connectivity index (χ1) is 10.9. The van der Waals surface area contributed by atoms with E-state index in [2.05, 4.69) is 14.1 Å². The molecule has 8 nitrogen and oxygen atoms in total. The second-order valence-corrected chi connectivity index (χ2v) is 8.25. The van der Waals surface area contributed by atoms with Crippen LogP contribution >= 0.6 is 11.7 Å². The van der Waals surface area contributed by atoms with Crippen molar-refractivity contribution in [2.45, 2.75) is 17.7 Å².